The van der Waals surface area contributed by atoms with E-state index in [0.717, 1.165) is 4.90 Å². The van der Waals surface area contributed by atoms with E-state index in [1.54, 1.807) is 13.8 Å². The van der Waals surface area contributed by atoms with Gasteiger partial charge in [-0.3, -0.25) is 14.5 Å². The van der Waals surface area contributed by atoms with Crippen molar-refractivity contribution in [2.24, 2.45) is 5.92 Å². The third-order valence-corrected chi connectivity index (χ3v) is 8.60. The van der Waals surface area contributed by atoms with Gasteiger partial charge >= 0.3 is 0 Å². The van der Waals surface area contributed by atoms with Crippen LogP contribution in [0.15, 0.2) is 17.9 Å². The predicted molar refractivity (Wildman–Crippen MR) is 96.0 cm³/mol. The Morgan fingerprint density at radius 2 is 1.39 bits per heavy atom. The van der Waals surface area contributed by atoms with Gasteiger partial charge in [-0.2, -0.15) is 0 Å². The zero-order valence-corrected chi connectivity index (χ0v) is 18.3. The Hall–Kier alpha value is -0.250. The van der Waals surface area contributed by atoms with E-state index in [0.29, 0.717) is 24.3 Å². The van der Waals surface area contributed by atoms with Crippen molar-refractivity contribution in [1.82, 2.24) is 4.90 Å². The average molecular weight is 576 g/mol. The summed E-state index contributed by atoms with van der Waals surface area (Å²) in [4.78, 5) is 37.8. The lowest BCUT2D eigenvalue weighted by Gasteiger charge is -2.31. The fourth-order valence-electron chi connectivity index (χ4n) is 2.43. The summed E-state index contributed by atoms with van der Waals surface area (Å²) < 4.78 is 1.90. The zero-order valence-electron chi connectivity index (χ0n) is 12.0. The fraction of sp³-hybridized carbons (Fsp3) is 0.357. The monoisotopic (exact) mass is 572 g/mol. The summed E-state index contributed by atoms with van der Waals surface area (Å²) in [5.41, 5.74) is 0.262. The van der Waals surface area contributed by atoms with Crippen LogP contribution in [-0.4, -0.2) is 28.7 Å². The second-order valence-electron chi connectivity index (χ2n) is 5.14. The smallest absolute Gasteiger partial charge is 0.263 e. The van der Waals surface area contributed by atoms with Gasteiger partial charge in [0.15, 0.2) is 0 Å². The number of rotatable bonds is 4. The molecule has 0 radical (unpaired) electrons. The minimum atomic E-state index is -1.45. The standard InChI is InChI=1S/C14H11Br4NO4/c1-3-4(2)11(14(22)23)19-12(20)5-6(13(19)21)8(16)10(18)9(17)7(5)15/h4,11H,3H2,1-2H3,(H,22,23)/p-1/t4-,11-/m0/s1. The molecular formula is C14H10Br4NO4-. The van der Waals surface area contributed by atoms with Gasteiger partial charge in [-0.1, -0.05) is 20.3 Å². The van der Waals surface area contributed by atoms with Gasteiger partial charge in [-0.05, 0) is 69.6 Å². The molecule has 0 spiro atoms. The minimum Gasteiger partial charge on any atom is -0.548 e. The van der Waals surface area contributed by atoms with E-state index in [4.69, 9.17) is 0 Å². The maximum absolute atomic E-state index is 12.7. The van der Waals surface area contributed by atoms with Crippen molar-refractivity contribution in [3.05, 3.63) is 29.0 Å². The Morgan fingerprint density at radius 3 is 1.70 bits per heavy atom. The summed E-state index contributed by atoms with van der Waals surface area (Å²) in [5, 5.41) is 11.5. The Balaban J connectivity index is 2.69. The van der Waals surface area contributed by atoms with Crippen molar-refractivity contribution in [2.45, 2.75) is 26.3 Å². The zero-order chi connectivity index (χ0) is 17.6. The van der Waals surface area contributed by atoms with Crippen LogP contribution in [0.1, 0.15) is 41.0 Å². The molecule has 0 aliphatic carbocycles. The number of benzene rings is 1. The summed E-state index contributed by atoms with van der Waals surface area (Å²) in [6.07, 6.45) is 0.488. The molecule has 0 N–H and O–H groups in total. The number of hydrogen-bond donors (Lipinski definition) is 0. The van der Waals surface area contributed by atoms with Crippen LogP contribution in [0.4, 0.5) is 0 Å². The second-order valence-corrected chi connectivity index (χ2v) is 8.31. The quantitative estimate of drug-likeness (QED) is 0.313. The highest BCUT2D eigenvalue weighted by Crippen LogP contribution is 2.45. The first-order valence-electron chi connectivity index (χ1n) is 6.59. The first-order valence-corrected chi connectivity index (χ1v) is 9.76. The number of amides is 2. The average Bonchev–Trinajstić information content (AvgIpc) is 2.75. The molecule has 124 valence electrons. The van der Waals surface area contributed by atoms with Crippen molar-refractivity contribution in [1.29, 1.82) is 0 Å². The maximum atomic E-state index is 12.7. The topological polar surface area (TPSA) is 77.5 Å². The Morgan fingerprint density at radius 1 is 1.00 bits per heavy atom. The summed E-state index contributed by atoms with van der Waals surface area (Å²) in [6.45, 7) is 3.46. The fourth-order valence-corrected chi connectivity index (χ4v) is 4.89. The van der Waals surface area contributed by atoms with E-state index >= 15 is 0 Å². The molecule has 1 aromatic rings. The first-order chi connectivity index (χ1) is 10.6. The van der Waals surface area contributed by atoms with Crippen molar-refractivity contribution in [3.8, 4) is 0 Å². The number of hydrogen-bond acceptors (Lipinski definition) is 4. The molecular weight excluding hydrogens is 566 g/mol. The van der Waals surface area contributed by atoms with E-state index in [9.17, 15) is 19.5 Å². The van der Waals surface area contributed by atoms with Crippen molar-refractivity contribution in [3.63, 3.8) is 0 Å². The largest absolute Gasteiger partial charge is 0.548 e. The van der Waals surface area contributed by atoms with E-state index in [-0.39, 0.29) is 11.1 Å². The number of carbonyl (C=O) groups is 3. The molecule has 0 saturated heterocycles. The third-order valence-electron chi connectivity index (χ3n) is 3.84. The highest BCUT2D eigenvalue weighted by atomic mass is 79.9. The van der Waals surface area contributed by atoms with Gasteiger partial charge in [0, 0.05) is 17.9 Å². The van der Waals surface area contributed by atoms with E-state index < -0.39 is 29.7 Å². The summed E-state index contributed by atoms with van der Waals surface area (Å²) >= 11 is 13.2. The molecule has 2 atom stereocenters. The maximum Gasteiger partial charge on any atom is 0.263 e. The van der Waals surface area contributed by atoms with Crippen LogP contribution in [0.3, 0.4) is 0 Å². The molecule has 0 bridgehead atoms. The predicted octanol–water partition coefficient (Wildman–Crippen LogP) is 3.50. The SMILES string of the molecule is CC[C@H](C)[C@@H](C(=O)[O-])N1C(=O)c2c(Br)c(Br)c(Br)c(Br)c2C1=O. The molecule has 9 heteroatoms. The van der Waals surface area contributed by atoms with Crippen molar-refractivity contribution in [2.75, 3.05) is 0 Å². The van der Waals surface area contributed by atoms with Gasteiger partial charge in [0.05, 0.1) is 23.1 Å². The number of carbonyl (C=O) groups excluding carboxylic acids is 3. The van der Waals surface area contributed by atoms with E-state index in [1.807, 2.05) is 0 Å². The van der Waals surface area contributed by atoms with Crippen LogP contribution >= 0.6 is 63.7 Å². The Bertz CT molecular complexity index is 687. The molecule has 0 saturated carbocycles. The van der Waals surface area contributed by atoms with Crippen molar-refractivity contribution >= 4 is 81.5 Å². The molecule has 5 nitrogen and oxygen atoms in total. The van der Waals surface area contributed by atoms with E-state index in [1.165, 1.54) is 0 Å². The van der Waals surface area contributed by atoms with Crippen LogP contribution in [0.25, 0.3) is 0 Å². The highest BCUT2D eigenvalue weighted by molar-refractivity contribution is 9.15. The molecule has 0 fully saturated rings. The van der Waals surface area contributed by atoms with Gasteiger partial charge in [-0.15, -0.1) is 0 Å². The molecule has 1 aliphatic heterocycles. The number of aliphatic carboxylic acids is 1. The van der Waals surface area contributed by atoms with Crippen LogP contribution in [0.5, 0.6) is 0 Å². The molecule has 2 rings (SSSR count). The molecule has 23 heavy (non-hydrogen) atoms. The van der Waals surface area contributed by atoms with E-state index in [2.05, 4.69) is 63.7 Å². The van der Waals surface area contributed by atoms with Crippen LogP contribution < -0.4 is 5.11 Å². The minimum absolute atomic E-state index is 0.131. The number of halogens is 4. The Labute approximate surface area is 166 Å². The van der Waals surface area contributed by atoms with Crippen LogP contribution in [-0.2, 0) is 4.79 Å². The lowest BCUT2D eigenvalue weighted by Crippen LogP contribution is -2.53. The van der Waals surface area contributed by atoms with Gasteiger partial charge in [0.2, 0.25) is 0 Å². The highest BCUT2D eigenvalue weighted by Gasteiger charge is 2.45. The number of carboxylic acids is 1. The van der Waals surface area contributed by atoms with Crippen LogP contribution in [0, 0.1) is 5.92 Å². The van der Waals surface area contributed by atoms with Gasteiger partial charge in [0.25, 0.3) is 11.8 Å². The lowest BCUT2D eigenvalue weighted by molar-refractivity contribution is -0.311. The second kappa shape index (κ2) is 6.93. The lowest BCUT2D eigenvalue weighted by atomic mass is 9.98. The summed E-state index contributed by atoms with van der Waals surface area (Å²) in [6, 6.07) is -1.32. The summed E-state index contributed by atoms with van der Waals surface area (Å²) in [5.74, 6) is -3.17. The van der Waals surface area contributed by atoms with Crippen LogP contribution in [0.2, 0.25) is 0 Å². The van der Waals surface area contributed by atoms with Crippen molar-refractivity contribution < 1.29 is 19.5 Å². The number of carboxylic acid groups (broad SMARTS) is 1. The molecule has 1 aliphatic rings. The molecule has 0 unspecified atom stereocenters. The molecule has 0 aromatic heterocycles. The van der Waals surface area contributed by atoms with Gasteiger partial charge in [0.1, 0.15) is 0 Å². The normalized spacial score (nSPS) is 16.5. The number of nitrogens with zero attached hydrogens (tertiary/aromatic N) is 1. The van der Waals surface area contributed by atoms with Gasteiger partial charge < -0.3 is 9.90 Å². The molecule has 2 amide bonds. The number of imide groups is 1. The Kier molecular flexibility index (Phi) is 5.75. The summed E-state index contributed by atoms with van der Waals surface area (Å²) in [7, 11) is 0. The molecule has 1 aromatic carbocycles. The molecule has 1 heterocycles. The van der Waals surface area contributed by atoms with Gasteiger partial charge in [-0.25, -0.2) is 0 Å². The third kappa shape index (κ3) is 2.94. The number of fused-ring (bicyclic) bond motifs is 1. The first kappa shape index (κ1) is 19.1.